The van der Waals surface area contributed by atoms with Crippen molar-refractivity contribution in [2.75, 3.05) is 51.4 Å². The monoisotopic (exact) mass is 565 g/mol. The predicted octanol–water partition coefficient (Wildman–Crippen LogP) is 2.56. The van der Waals surface area contributed by atoms with Gasteiger partial charge < -0.3 is 19.9 Å². The van der Waals surface area contributed by atoms with E-state index in [2.05, 4.69) is 32.0 Å². The van der Waals surface area contributed by atoms with Crippen molar-refractivity contribution in [3.8, 4) is 0 Å². The first-order chi connectivity index (χ1) is 14.6. The number of ether oxygens (including phenoxy) is 1. The Hall–Kier alpha value is -0.590. The van der Waals surface area contributed by atoms with Crippen LogP contribution in [0.1, 0.15) is 50.2 Å². The normalized spacial score (nSPS) is 19.6. The highest BCUT2D eigenvalue weighted by Crippen LogP contribution is 2.33. The summed E-state index contributed by atoms with van der Waals surface area (Å²) < 4.78 is 7.63. The minimum Gasteiger partial charge on any atom is -0.379 e. The number of rotatable bonds is 9. The lowest BCUT2D eigenvalue weighted by molar-refractivity contribution is -0.0352. The number of aryl methyl sites for hydroxylation is 1. The van der Waals surface area contributed by atoms with Gasteiger partial charge in [-0.15, -0.1) is 34.2 Å². The number of hydrogen-bond donors (Lipinski definition) is 2. The van der Waals surface area contributed by atoms with Crippen LogP contribution in [0.3, 0.4) is 0 Å². The van der Waals surface area contributed by atoms with E-state index in [0.717, 1.165) is 69.2 Å². The Morgan fingerprint density at radius 2 is 1.90 bits per heavy atom. The Morgan fingerprint density at radius 1 is 1.16 bits per heavy atom. The number of aliphatic imine (C=N–C) groups is 1. The molecule has 31 heavy (non-hydrogen) atoms. The minimum absolute atomic E-state index is 0. The van der Waals surface area contributed by atoms with E-state index in [-0.39, 0.29) is 29.5 Å². The molecule has 2 aliphatic rings. The van der Waals surface area contributed by atoms with Gasteiger partial charge in [-0.25, -0.2) is 4.99 Å². The Labute approximate surface area is 208 Å². The van der Waals surface area contributed by atoms with Crippen molar-refractivity contribution in [3.05, 3.63) is 11.6 Å². The molecule has 0 bridgehead atoms. The first kappa shape index (κ1) is 26.7. The number of halogens is 1. The maximum absolute atomic E-state index is 5.62. The Bertz CT molecular complexity index is 673. The summed E-state index contributed by atoms with van der Waals surface area (Å²) in [5.74, 6) is 3.84. The van der Waals surface area contributed by atoms with Crippen LogP contribution in [0, 0.1) is 6.92 Å². The van der Waals surface area contributed by atoms with E-state index >= 15 is 0 Å². The predicted molar refractivity (Wildman–Crippen MR) is 140 cm³/mol. The van der Waals surface area contributed by atoms with E-state index in [4.69, 9.17) is 9.73 Å². The second kappa shape index (κ2) is 13.8. The smallest absolute Gasteiger partial charge is 0.191 e. The fourth-order valence-electron chi connectivity index (χ4n) is 4.44. The van der Waals surface area contributed by atoms with Gasteiger partial charge in [0.2, 0.25) is 0 Å². The van der Waals surface area contributed by atoms with E-state index in [1.165, 1.54) is 32.1 Å². The van der Waals surface area contributed by atoms with Gasteiger partial charge >= 0.3 is 0 Å². The average molecular weight is 566 g/mol. The zero-order valence-electron chi connectivity index (χ0n) is 19.4. The molecule has 3 rings (SSSR count). The summed E-state index contributed by atoms with van der Waals surface area (Å²) in [6.45, 7) is 8.12. The number of guanidine groups is 1. The van der Waals surface area contributed by atoms with Gasteiger partial charge in [0.1, 0.15) is 12.4 Å². The molecule has 1 aromatic heterocycles. The molecule has 8 nitrogen and oxygen atoms in total. The molecule has 0 radical (unpaired) electrons. The standard InChI is InChI=1S/C21H39N7OS.HI/c1-18-25-26-19(27(18)2)16-23-20(22-10-7-15-30-3)24-17-21(8-5-4-6-9-21)28-11-13-29-14-12-28;/h4-17H2,1-3H3,(H2,22,23,24);1H. The van der Waals surface area contributed by atoms with Crippen molar-refractivity contribution < 1.29 is 4.74 Å². The zero-order valence-corrected chi connectivity index (χ0v) is 22.5. The van der Waals surface area contributed by atoms with Crippen LogP contribution >= 0.6 is 35.7 Å². The summed E-state index contributed by atoms with van der Waals surface area (Å²) in [4.78, 5) is 7.51. The number of hydrogen-bond acceptors (Lipinski definition) is 6. The lowest BCUT2D eigenvalue weighted by atomic mass is 9.80. The summed E-state index contributed by atoms with van der Waals surface area (Å²) in [6, 6.07) is 0. The van der Waals surface area contributed by atoms with Crippen LogP contribution in [0.2, 0.25) is 0 Å². The molecule has 2 N–H and O–H groups in total. The summed E-state index contributed by atoms with van der Waals surface area (Å²) in [5.41, 5.74) is 0.213. The number of nitrogens with zero attached hydrogens (tertiary/aromatic N) is 5. The number of thioether (sulfide) groups is 1. The van der Waals surface area contributed by atoms with Crippen molar-refractivity contribution in [1.29, 1.82) is 0 Å². The second-order valence-corrected chi connectivity index (χ2v) is 9.38. The molecule has 1 saturated heterocycles. The summed E-state index contributed by atoms with van der Waals surface area (Å²) in [6.07, 6.45) is 9.75. The summed E-state index contributed by atoms with van der Waals surface area (Å²) in [7, 11) is 1.99. The molecule has 0 spiro atoms. The topological polar surface area (TPSA) is 79.6 Å². The molecular weight excluding hydrogens is 525 g/mol. The third-order valence-corrected chi connectivity index (χ3v) is 7.13. The van der Waals surface area contributed by atoms with Crippen molar-refractivity contribution >= 4 is 41.7 Å². The molecule has 1 aliphatic carbocycles. The van der Waals surface area contributed by atoms with Crippen molar-refractivity contribution in [3.63, 3.8) is 0 Å². The maximum atomic E-state index is 5.62. The lowest BCUT2D eigenvalue weighted by Crippen LogP contribution is -2.60. The molecule has 1 aliphatic heterocycles. The fraction of sp³-hybridized carbons (Fsp3) is 0.857. The molecule has 0 unspecified atom stereocenters. The quantitative estimate of drug-likeness (QED) is 0.206. The van der Waals surface area contributed by atoms with E-state index in [9.17, 15) is 0 Å². The molecular formula is C21H40IN7OS. The number of nitrogens with one attached hydrogen (secondary N) is 2. The van der Waals surface area contributed by atoms with Crippen LogP contribution < -0.4 is 10.6 Å². The van der Waals surface area contributed by atoms with Crippen molar-refractivity contribution in [1.82, 2.24) is 30.3 Å². The highest BCUT2D eigenvalue weighted by Gasteiger charge is 2.38. The minimum atomic E-state index is 0. The van der Waals surface area contributed by atoms with Gasteiger partial charge in [-0.05, 0) is 38.2 Å². The van der Waals surface area contributed by atoms with Gasteiger partial charge in [0.05, 0.1) is 13.2 Å². The fourth-order valence-corrected chi connectivity index (χ4v) is 4.87. The summed E-state index contributed by atoms with van der Waals surface area (Å²) >= 11 is 1.88. The number of morpholine rings is 1. The zero-order chi connectivity index (χ0) is 21.2. The van der Waals surface area contributed by atoms with Crippen LogP contribution in [-0.4, -0.2) is 82.6 Å². The van der Waals surface area contributed by atoms with Crippen LogP contribution in [0.25, 0.3) is 0 Å². The molecule has 1 saturated carbocycles. The third-order valence-electron chi connectivity index (χ3n) is 6.43. The van der Waals surface area contributed by atoms with Crippen molar-refractivity contribution in [2.45, 2.75) is 57.5 Å². The van der Waals surface area contributed by atoms with Gasteiger partial charge in [-0.1, -0.05) is 19.3 Å². The maximum Gasteiger partial charge on any atom is 0.191 e. The third kappa shape index (κ3) is 7.75. The average Bonchev–Trinajstić information content (AvgIpc) is 3.11. The van der Waals surface area contributed by atoms with E-state index in [1.807, 2.05) is 30.3 Å². The summed E-state index contributed by atoms with van der Waals surface area (Å²) in [5, 5.41) is 15.6. The molecule has 1 aromatic rings. The molecule has 178 valence electrons. The first-order valence-corrected chi connectivity index (χ1v) is 12.7. The van der Waals surface area contributed by atoms with Crippen LogP contribution in [0.15, 0.2) is 4.99 Å². The van der Waals surface area contributed by atoms with E-state index in [1.54, 1.807) is 0 Å². The SMILES string of the molecule is CSCCCNC(=NCc1nnc(C)n1C)NCC1(N2CCOCC2)CCCCC1.I. The Kier molecular flexibility index (Phi) is 11.9. The molecule has 2 heterocycles. The van der Waals surface area contributed by atoms with Gasteiger partial charge in [0.25, 0.3) is 0 Å². The second-order valence-electron chi connectivity index (χ2n) is 8.40. The van der Waals surface area contributed by atoms with Gasteiger partial charge in [-0.3, -0.25) is 4.90 Å². The lowest BCUT2D eigenvalue weighted by Gasteiger charge is -2.48. The van der Waals surface area contributed by atoms with E-state index in [0.29, 0.717) is 6.54 Å². The highest BCUT2D eigenvalue weighted by atomic mass is 127. The first-order valence-electron chi connectivity index (χ1n) is 11.3. The number of aromatic nitrogens is 3. The van der Waals surface area contributed by atoms with Gasteiger partial charge in [0.15, 0.2) is 11.8 Å². The van der Waals surface area contributed by atoms with Gasteiger partial charge in [0, 0.05) is 38.8 Å². The largest absolute Gasteiger partial charge is 0.379 e. The molecule has 0 aromatic carbocycles. The molecule has 0 amide bonds. The Morgan fingerprint density at radius 3 is 2.55 bits per heavy atom. The van der Waals surface area contributed by atoms with Gasteiger partial charge in [-0.2, -0.15) is 11.8 Å². The van der Waals surface area contributed by atoms with E-state index < -0.39 is 0 Å². The Balaban J connectivity index is 0.00000341. The van der Waals surface area contributed by atoms with Crippen LogP contribution in [0.4, 0.5) is 0 Å². The van der Waals surface area contributed by atoms with Crippen molar-refractivity contribution in [2.24, 2.45) is 12.0 Å². The van der Waals surface area contributed by atoms with Crippen LogP contribution in [0.5, 0.6) is 0 Å². The molecule has 0 atom stereocenters. The van der Waals surface area contributed by atoms with Crippen LogP contribution in [-0.2, 0) is 18.3 Å². The highest BCUT2D eigenvalue weighted by molar-refractivity contribution is 14.0. The molecule has 10 heteroatoms. The molecule has 2 fully saturated rings.